The first-order chi connectivity index (χ1) is 11.7. The zero-order valence-corrected chi connectivity index (χ0v) is 15.5. The summed E-state index contributed by atoms with van der Waals surface area (Å²) in [5, 5.41) is 1.94. The Morgan fingerprint density at radius 3 is 2.52 bits per heavy atom. The lowest BCUT2D eigenvalue weighted by Gasteiger charge is -2.27. The number of halogens is 2. The Morgan fingerprint density at radius 2 is 1.84 bits per heavy atom. The van der Waals surface area contributed by atoms with E-state index >= 15 is 0 Å². The molecule has 1 heterocycles. The van der Waals surface area contributed by atoms with Crippen LogP contribution in [0.1, 0.15) is 13.3 Å². The number of sulfonamides is 1. The summed E-state index contributed by atoms with van der Waals surface area (Å²) in [4.78, 5) is 12.5. The second-order valence-electron chi connectivity index (χ2n) is 5.86. The summed E-state index contributed by atoms with van der Waals surface area (Å²) < 4.78 is 27.6. The summed E-state index contributed by atoms with van der Waals surface area (Å²) in [7, 11) is -3.80. The van der Waals surface area contributed by atoms with Crippen molar-refractivity contribution >= 4 is 44.8 Å². The fourth-order valence-corrected chi connectivity index (χ4v) is 4.31. The van der Waals surface area contributed by atoms with Crippen LogP contribution < -0.4 is 15.2 Å². The van der Waals surface area contributed by atoms with Gasteiger partial charge in [0.2, 0.25) is 15.9 Å². The number of anilines is 1. The smallest absolute Gasteiger partial charge is 0.244 e. The monoisotopic (exact) mass is 399 g/mol. The maximum Gasteiger partial charge on any atom is 0.244 e. The predicted octanol–water partition coefficient (Wildman–Crippen LogP) is 2.93. The van der Waals surface area contributed by atoms with Crippen LogP contribution in [-0.4, -0.2) is 20.0 Å². The van der Waals surface area contributed by atoms with Crippen molar-refractivity contribution in [2.75, 3.05) is 5.01 Å². The Bertz CT molecular complexity index is 921. The highest BCUT2D eigenvalue weighted by atomic mass is 35.5. The van der Waals surface area contributed by atoms with E-state index in [1.165, 1.54) is 23.2 Å². The third-order valence-electron chi connectivity index (χ3n) is 3.67. The second-order valence-corrected chi connectivity index (χ2v) is 8.39. The van der Waals surface area contributed by atoms with Crippen molar-refractivity contribution < 1.29 is 13.2 Å². The number of carbonyl (C=O) groups is 1. The highest BCUT2D eigenvalue weighted by molar-refractivity contribution is 7.89. The summed E-state index contributed by atoms with van der Waals surface area (Å²) in [5.74, 6) is -0.331. The number of hydrazine groups is 1. The molecule has 1 fully saturated rings. The summed E-state index contributed by atoms with van der Waals surface area (Å²) >= 11 is 12.1. The van der Waals surface area contributed by atoms with Crippen LogP contribution in [0.5, 0.6) is 0 Å². The SMILES string of the molecule is CC1(NS(=O)(=O)c2ccccc2)CC(=O)N(c2cc(Cl)ccc2Cl)N1. The molecule has 0 radical (unpaired) electrons. The van der Waals surface area contributed by atoms with Gasteiger partial charge in [-0.25, -0.2) is 18.9 Å². The third kappa shape index (κ3) is 3.80. The molecule has 0 aromatic heterocycles. The van der Waals surface area contributed by atoms with Gasteiger partial charge in [-0.15, -0.1) is 0 Å². The summed E-state index contributed by atoms with van der Waals surface area (Å²) in [5.41, 5.74) is 2.04. The average molecular weight is 400 g/mol. The van der Waals surface area contributed by atoms with E-state index in [0.29, 0.717) is 15.7 Å². The minimum atomic E-state index is -3.80. The molecule has 1 atom stereocenters. The molecule has 0 bridgehead atoms. The topological polar surface area (TPSA) is 78.5 Å². The molecule has 1 saturated heterocycles. The minimum absolute atomic E-state index is 0.0814. The van der Waals surface area contributed by atoms with Gasteiger partial charge in [-0.1, -0.05) is 41.4 Å². The van der Waals surface area contributed by atoms with Crippen molar-refractivity contribution in [2.24, 2.45) is 0 Å². The molecular weight excluding hydrogens is 385 g/mol. The predicted molar refractivity (Wildman–Crippen MR) is 96.9 cm³/mol. The number of amides is 1. The van der Waals surface area contributed by atoms with Crippen molar-refractivity contribution in [1.82, 2.24) is 10.1 Å². The molecule has 2 aromatic rings. The van der Waals surface area contributed by atoms with E-state index in [2.05, 4.69) is 10.1 Å². The zero-order valence-electron chi connectivity index (χ0n) is 13.2. The van der Waals surface area contributed by atoms with E-state index in [4.69, 9.17) is 23.2 Å². The van der Waals surface area contributed by atoms with Gasteiger partial charge in [-0.3, -0.25) is 4.79 Å². The number of hydrogen-bond donors (Lipinski definition) is 2. The van der Waals surface area contributed by atoms with Gasteiger partial charge >= 0.3 is 0 Å². The molecule has 2 N–H and O–H groups in total. The molecule has 0 saturated carbocycles. The van der Waals surface area contributed by atoms with Crippen molar-refractivity contribution in [1.29, 1.82) is 0 Å². The van der Waals surface area contributed by atoms with E-state index in [1.807, 2.05) is 0 Å². The molecule has 1 amide bonds. The van der Waals surface area contributed by atoms with Gasteiger partial charge in [0.05, 0.1) is 22.0 Å². The molecule has 9 heteroatoms. The summed E-state index contributed by atoms with van der Waals surface area (Å²) in [6.07, 6.45) is -0.0814. The average Bonchev–Trinajstić information content (AvgIpc) is 2.84. The van der Waals surface area contributed by atoms with E-state index < -0.39 is 15.7 Å². The van der Waals surface area contributed by atoms with Gasteiger partial charge in [-0.2, -0.15) is 4.72 Å². The summed E-state index contributed by atoms with van der Waals surface area (Å²) in [6.45, 7) is 1.59. The van der Waals surface area contributed by atoms with Crippen molar-refractivity contribution in [3.05, 3.63) is 58.6 Å². The number of hydrogen-bond acceptors (Lipinski definition) is 4. The standard InChI is InChI=1S/C16H15Cl2N3O3S/c1-16(20-25(23,24)12-5-3-2-4-6-12)10-15(22)21(19-16)14-9-11(17)7-8-13(14)18/h2-9,19-20H,10H2,1H3. The second kappa shape index (κ2) is 6.59. The first-order valence-corrected chi connectivity index (χ1v) is 9.59. The molecule has 25 heavy (non-hydrogen) atoms. The normalized spacial score (nSPS) is 20.9. The summed E-state index contributed by atoms with van der Waals surface area (Å²) in [6, 6.07) is 12.6. The first kappa shape index (κ1) is 18.2. The van der Waals surface area contributed by atoms with Gasteiger partial charge in [0, 0.05) is 5.02 Å². The van der Waals surface area contributed by atoms with Crippen LogP contribution in [0.2, 0.25) is 10.0 Å². The molecule has 0 aliphatic carbocycles. The number of nitrogens with zero attached hydrogens (tertiary/aromatic N) is 1. The van der Waals surface area contributed by atoms with Gasteiger partial charge in [0.1, 0.15) is 5.66 Å². The Morgan fingerprint density at radius 1 is 1.16 bits per heavy atom. The van der Waals surface area contributed by atoms with Crippen LogP contribution in [0, 0.1) is 0 Å². The third-order valence-corrected chi connectivity index (χ3v) is 5.84. The van der Waals surface area contributed by atoms with Gasteiger partial charge < -0.3 is 0 Å². The Labute approximate surface area is 155 Å². The maximum absolute atomic E-state index is 12.5. The highest BCUT2D eigenvalue weighted by Crippen LogP contribution is 2.32. The first-order valence-electron chi connectivity index (χ1n) is 7.35. The molecular formula is C16H15Cl2N3O3S. The van der Waals surface area contributed by atoms with E-state index in [-0.39, 0.29) is 17.2 Å². The lowest BCUT2D eigenvalue weighted by molar-refractivity contribution is -0.117. The molecule has 1 aliphatic rings. The number of carbonyl (C=O) groups excluding carboxylic acids is 1. The van der Waals surface area contributed by atoms with Crippen molar-refractivity contribution in [2.45, 2.75) is 23.9 Å². The fourth-order valence-electron chi connectivity index (χ4n) is 2.60. The van der Waals surface area contributed by atoms with Gasteiger partial charge in [0.15, 0.2) is 0 Å². The van der Waals surface area contributed by atoms with Gasteiger partial charge in [0.25, 0.3) is 0 Å². The molecule has 6 nitrogen and oxygen atoms in total. The van der Waals surface area contributed by atoms with Crippen LogP contribution in [0.15, 0.2) is 53.4 Å². The molecule has 0 spiro atoms. The van der Waals surface area contributed by atoms with Crippen LogP contribution in [0.3, 0.4) is 0 Å². The van der Waals surface area contributed by atoms with Gasteiger partial charge in [-0.05, 0) is 37.3 Å². The molecule has 1 aliphatic heterocycles. The lowest BCUT2D eigenvalue weighted by Crippen LogP contribution is -2.56. The fraction of sp³-hybridized carbons (Fsp3) is 0.188. The number of benzene rings is 2. The number of nitrogens with one attached hydrogen (secondary N) is 2. The largest absolute Gasteiger partial charge is 0.273 e. The van der Waals surface area contributed by atoms with E-state index in [9.17, 15) is 13.2 Å². The quantitative estimate of drug-likeness (QED) is 0.828. The van der Waals surface area contributed by atoms with Crippen LogP contribution in [0.4, 0.5) is 5.69 Å². The Hall–Kier alpha value is -1.64. The molecule has 3 rings (SSSR count). The van der Waals surface area contributed by atoms with E-state index in [1.54, 1.807) is 37.3 Å². The lowest BCUT2D eigenvalue weighted by atomic mass is 10.2. The van der Waals surface area contributed by atoms with Crippen LogP contribution in [0.25, 0.3) is 0 Å². The highest BCUT2D eigenvalue weighted by Gasteiger charge is 2.43. The minimum Gasteiger partial charge on any atom is -0.273 e. The van der Waals surface area contributed by atoms with Crippen molar-refractivity contribution in [3.63, 3.8) is 0 Å². The number of rotatable bonds is 4. The van der Waals surface area contributed by atoms with Crippen LogP contribution >= 0.6 is 23.2 Å². The maximum atomic E-state index is 12.5. The van der Waals surface area contributed by atoms with Crippen LogP contribution in [-0.2, 0) is 14.8 Å². The zero-order chi connectivity index (χ0) is 18.2. The molecule has 2 aromatic carbocycles. The van der Waals surface area contributed by atoms with E-state index in [0.717, 1.165) is 0 Å². The molecule has 1 unspecified atom stereocenters. The van der Waals surface area contributed by atoms with Crippen molar-refractivity contribution in [3.8, 4) is 0 Å². The molecule has 132 valence electrons. The Kier molecular flexibility index (Phi) is 4.78. The Balaban J connectivity index is 1.87.